The molecule has 5 heteroatoms. The number of rotatable bonds is 3. The zero-order valence-electron chi connectivity index (χ0n) is 13.0. The molecule has 4 nitrogen and oxygen atoms in total. The van der Waals surface area contributed by atoms with E-state index in [1.807, 2.05) is 30.3 Å². The summed E-state index contributed by atoms with van der Waals surface area (Å²) in [4.78, 5) is 4.45. The van der Waals surface area contributed by atoms with Crippen LogP contribution in [0.4, 0.5) is 4.39 Å². The maximum atomic E-state index is 13.2. The van der Waals surface area contributed by atoms with Crippen molar-refractivity contribution in [2.24, 2.45) is 0 Å². The molecule has 4 aromatic rings. The largest absolute Gasteiger partial charge is 0.496 e. The predicted molar refractivity (Wildman–Crippen MR) is 90.4 cm³/mol. The first kappa shape index (κ1) is 14.4. The van der Waals surface area contributed by atoms with Crippen LogP contribution in [0.25, 0.3) is 28.0 Å². The summed E-state index contributed by atoms with van der Waals surface area (Å²) >= 11 is 0. The van der Waals surface area contributed by atoms with E-state index >= 15 is 0 Å². The first-order valence-corrected chi connectivity index (χ1v) is 7.50. The number of halogens is 1. The van der Waals surface area contributed by atoms with Crippen LogP contribution >= 0.6 is 0 Å². The summed E-state index contributed by atoms with van der Waals surface area (Å²) < 4.78 is 20.4. The van der Waals surface area contributed by atoms with Crippen molar-refractivity contribution in [3.05, 3.63) is 72.8 Å². The van der Waals surface area contributed by atoms with Gasteiger partial charge in [0.2, 0.25) is 0 Å². The monoisotopic (exact) mass is 319 g/mol. The molecule has 0 atom stereocenters. The molecule has 0 bridgehead atoms. The van der Waals surface area contributed by atoms with Gasteiger partial charge in [0, 0.05) is 17.3 Å². The number of aromatic nitrogens is 3. The lowest BCUT2D eigenvalue weighted by Gasteiger charge is -2.09. The van der Waals surface area contributed by atoms with E-state index < -0.39 is 0 Å². The topological polar surface area (TPSA) is 39.4 Å². The van der Waals surface area contributed by atoms with Crippen LogP contribution in [0.2, 0.25) is 0 Å². The second-order valence-electron chi connectivity index (χ2n) is 5.33. The molecule has 118 valence electrons. The minimum atomic E-state index is -0.266. The second kappa shape index (κ2) is 5.77. The highest BCUT2D eigenvalue weighted by molar-refractivity contribution is 5.79. The summed E-state index contributed by atoms with van der Waals surface area (Å²) in [6.07, 6.45) is 3.49. The number of benzene rings is 2. The van der Waals surface area contributed by atoms with Gasteiger partial charge in [-0.2, -0.15) is 5.10 Å². The Bertz CT molecular complexity index is 1010. The number of methoxy groups -OCH3 is 1. The summed E-state index contributed by atoms with van der Waals surface area (Å²) in [5, 5.41) is 4.47. The maximum Gasteiger partial charge on any atom is 0.163 e. The highest BCUT2D eigenvalue weighted by Gasteiger charge is 2.14. The number of hydrogen-bond donors (Lipinski definition) is 0. The molecule has 4 rings (SSSR count). The van der Waals surface area contributed by atoms with Crippen LogP contribution in [0, 0.1) is 5.82 Å². The molecule has 0 N–H and O–H groups in total. The lowest BCUT2D eigenvalue weighted by atomic mass is 10.1. The lowest BCUT2D eigenvalue weighted by Crippen LogP contribution is -1.97. The van der Waals surface area contributed by atoms with Crippen molar-refractivity contribution in [3.63, 3.8) is 0 Å². The van der Waals surface area contributed by atoms with Gasteiger partial charge in [-0.3, -0.25) is 0 Å². The minimum absolute atomic E-state index is 0.266. The highest BCUT2D eigenvalue weighted by atomic mass is 19.1. The Kier molecular flexibility index (Phi) is 3.46. The van der Waals surface area contributed by atoms with Gasteiger partial charge in [0.05, 0.1) is 19.0 Å². The normalized spacial score (nSPS) is 10.9. The standard InChI is InChI=1S/C19H14FN3O/c1-24-18-5-3-2-4-15(18)17-10-11-21-19-16(12-22-23(17)19)13-6-8-14(20)9-7-13/h2-12H,1H3. The Hall–Kier alpha value is -3.21. The van der Waals surface area contributed by atoms with Gasteiger partial charge in [0.15, 0.2) is 5.65 Å². The minimum Gasteiger partial charge on any atom is -0.496 e. The van der Waals surface area contributed by atoms with E-state index in [9.17, 15) is 4.39 Å². The number of hydrogen-bond acceptors (Lipinski definition) is 3. The van der Waals surface area contributed by atoms with E-state index in [1.54, 1.807) is 36.2 Å². The van der Waals surface area contributed by atoms with E-state index in [1.165, 1.54) is 12.1 Å². The summed E-state index contributed by atoms with van der Waals surface area (Å²) in [7, 11) is 1.64. The first-order chi connectivity index (χ1) is 11.8. The van der Waals surface area contributed by atoms with Gasteiger partial charge >= 0.3 is 0 Å². The van der Waals surface area contributed by atoms with E-state index in [2.05, 4.69) is 10.1 Å². The molecule has 0 radical (unpaired) electrons. The van der Waals surface area contributed by atoms with Crippen LogP contribution in [-0.2, 0) is 0 Å². The van der Waals surface area contributed by atoms with Crippen LogP contribution in [-0.4, -0.2) is 21.7 Å². The van der Waals surface area contributed by atoms with Crippen molar-refractivity contribution in [1.82, 2.24) is 14.6 Å². The highest BCUT2D eigenvalue weighted by Crippen LogP contribution is 2.31. The average Bonchev–Trinajstić information content (AvgIpc) is 3.06. The van der Waals surface area contributed by atoms with Crippen molar-refractivity contribution in [2.45, 2.75) is 0 Å². The fraction of sp³-hybridized carbons (Fsp3) is 0.0526. The van der Waals surface area contributed by atoms with Gasteiger partial charge in [0.25, 0.3) is 0 Å². The summed E-state index contributed by atoms with van der Waals surface area (Å²) in [5.74, 6) is 0.502. The number of para-hydroxylation sites is 1. The van der Waals surface area contributed by atoms with Gasteiger partial charge in [-0.25, -0.2) is 13.9 Å². The zero-order valence-corrected chi connectivity index (χ0v) is 13.0. The van der Waals surface area contributed by atoms with Crippen LogP contribution in [0.3, 0.4) is 0 Å². The van der Waals surface area contributed by atoms with Crippen molar-refractivity contribution in [2.75, 3.05) is 7.11 Å². The quantitative estimate of drug-likeness (QED) is 0.568. The third-order valence-electron chi connectivity index (χ3n) is 3.94. The zero-order chi connectivity index (χ0) is 16.5. The molecule has 2 heterocycles. The van der Waals surface area contributed by atoms with Crippen LogP contribution in [0.15, 0.2) is 67.0 Å². The van der Waals surface area contributed by atoms with Gasteiger partial charge in [0.1, 0.15) is 11.6 Å². The van der Waals surface area contributed by atoms with Crippen molar-refractivity contribution >= 4 is 5.65 Å². The fourth-order valence-electron chi connectivity index (χ4n) is 2.78. The number of ether oxygens (including phenoxy) is 1. The van der Waals surface area contributed by atoms with Crippen LogP contribution in [0.5, 0.6) is 5.75 Å². The van der Waals surface area contributed by atoms with E-state index in [-0.39, 0.29) is 5.82 Å². The molecule has 0 saturated carbocycles. The Morgan fingerprint density at radius 2 is 1.75 bits per heavy atom. The van der Waals surface area contributed by atoms with Crippen molar-refractivity contribution < 1.29 is 9.13 Å². The van der Waals surface area contributed by atoms with Crippen LogP contribution < -0.4 is 4.74 Å². The van der Waals surface area contributed by atoms with Crippen molar-refractivity contribution in [1.29, 1.82) is 0 Å². The molecule has 0 unspecified atom stereocenters. The van der Waals surface area contributed by atoms with Gasteiger partial charge in [-0.05, 0) is 35.9 Å². The van der Waals surface area contributed by atoms with E-state index in [0.29, 0.717) is 5.65 Å². The molecular weight excluding hydrogens is 305 g/mol. The average molecular weight is 319 g/mol. The molecule has 0 spiro atoms. The number of fused-ring (bicyclic) bond motifs is 1. The molecule has 2 aromatic heterocycles. The molecule has 0 aliphatic heterocycles. The smallest absolute Gasteiger partial charge is 0.163 e. The Morgan fingerprint density at radius 1 is 0.958 bits per heavy atom. The van der Waals surface area contributed by atoms with Gasteiger partial charge < -0.3 is 4.74 Å². The maximum absolute atomic E-state index is 13.2. The molecule has 0 saturated heterocycles. The third-order valence-corrected chi connectivity index (χ3v) is 3.94. The lowest BCUT2D eigenvalue weighted by molar-refractivity contribution is 0.416. The molecule has 24 heavy (non-hydrogen) atoms. The SMILES string of the molecule is COc1ccccc1-c1ccnc2c(-c3ccc(F)cc3)cnn12. The van der Waals surface area contributed by atoms with E-state index in [0.717, 1.165) is 28.1 Å². The third kappa shape index (κ3) is 2.31. The summed E-state index contributed by atoms with van der Waals surface area (Å²) in [6, 6.07) is 16.0. The van der Waals surface area contributed by atoms with Gasteiger partial charge in [-0.1, -0.05) is 24.3 Å². The van der Waals surface area contributed by atoms with Gasteiger partial charge in [-0.15, -0.1) is 0 Å². The molecule has 0 amide bonds. The Balaban J connectivity index is 1.92. The molecule has 0 aliphatic carbocycles. The Labute approximate surface area is 138 Å². The van der Waals surface area contributed by atoms with E-state index in [4.69, 9.17) is 4.74 Å². The number of nitrogens with zero attached hydrogens (tertiary/aromatic N) is 3. The molecular formula is C19H14FN3O. The predicted octanol–water partition coefficient (Wildman–Crippen LogP) is 4.21. The summed E-state index contributed by atoms with van der Waals surface area (Å²) in [5.41, 5.74) is 4.25. The fourth-order valence-corrected chi connectivity index (χ4v) is 2.78. The molecule has 2 aromatic carbocycles. The molecule has 0 fully saturated rings. The van der Waals surface area contributed by atoms with Crippen molar-refractivity contribution in [3.8, 4) is 28.1 Å². The summed E-state index contributed by atoms with van der Waals surface area (Å²) in [6.45, 7) is 0. The Morgan fingerprint density at radius 3 is 2.54 bits per heavy atom. The first-order valence-electron chi connectivity index (χ1n) is 7.50. The molecule has 0 aliphatic rings. The second-order valence-corrected chi connectivity index (χ2v) is 5.33. The van der Waals surface area contributed by atoms with Crippen LogP contribution in [0.1, 0.15) is 0 Å².